The van der Waals surface area contributed by atoms with Gasteiger partial charge in [0.15, 0.2) is 6.04 Å². The molecule has 1 rings (SSSR count). The van der Waals surface area contributed by atoms with E-state index in [0.717, 1.165) is 0 Å². The molecule has 0 bridgehead atoms. The number of esters is 1. The first-order valence-corrected chi connectivity index (χ1v) is 5.88. The Hall–Kier alpha value is -2.42. The highest BCUT2D eigenvalue weighted by atomic mass is 16.5. The van der Waals surface area contributed by atoms with Gasteiger partial charge in [0.25, 0.3) is 0 Å². The number of nitrogens with zero attached hydrogens (tertiary/aromatic N) is 1. The fourth-order valence-electron chi connectivity index (χ4n) is 1.42. The van der Waals surface area contributed by atoms with Crippen molar-refractivity contribution in [2.75, 3.05) is 6.61 Å². The second-order valence-corrected chi connectivity index (χ2v) is 3.91. The van der Waals surface area contributed by atoms with Crippen molar-refractivity contribution in [3.63, 3.8) is 0 Å². The summed E-state index contributed by atoms with van der Waals surface area (Å²) >= 11 is 0. The molecule has 110 valence electrons. The third kappa shape index (κ3) is 4.35. The molecular formula is C11H16N4O5. The van der Waals surface area contributed by atoms with Crippen molar-refractivity contribution in [1.82, 2.24) is 15.3 Å². The highest BCUT2D eigenvalue weighted by Crippen LogP contribution is 1.99. The van der Waals surface area contributed by atoms with Crippen molar-refractivity contribution in [2.45, 2.75) is 25.4 Å². The molecule has 1 amide bonds. The number of carbonyl (C=O) groups is 3. The van der Waals surface area contributed by atoms with E-state index < -0.39 is 29.9 Å². The van der Waals surface area contributed by atoms with Gasteiger partial charge in [-0.3, -0.25) is 4.79 Å². The van der Waals surface area contributed by atoms with Crippen LogP contribution in [0.25, 0.3) is 0 Å². The van der Waals surface area contributed by atoms with Crippen LogP contribution in [0.2, 0.25) is 0 Å². The minimum atomic E-state index is -1.56. The second-order valence-electron chi connectivity index (χ2n) is 3.91. The number of carbonyl (C=O) groups excluding carboxylic acids is 2. The van der Waals surface area contributed by atoms with Crippen molar-refractivity contribution in [3.8, 4) is 0 Å². The lowest BCUT2D eigenvalue weighted by Gasteiger charge is -2.16. The summed E-state index contributed by atoms with van der Waals surface area (Å²) in [6, 6.07) is -2.78. The maximum Gasteiger partial charge on any atom is 0.332 e. The summed E-state index contributed by atoms with van der Waals surface area (Å²) in [5.41, 5.74) is 5.90. The highest BCUT2D eigenvalue weighted by molar-refractivity contribution is 6.02. The molecule has 2 unspecified atom stereocenters. The third-order valence-electron chi connectivity index (χ3n) is 2.42. The number of hydrogen-bond donors (Lipinski definition) is 4. The van der Waals surface area contributed by atoms with Crippen molar-refractivity contribution in [3.05, 3.63) is 18.2 Å². The van der Waals surface area contributed by atoms with E-state index in [1.807, 2.05) is 0 Å². The van der Waals surface area contributed by atoms with Gasteiger partial charge >= 0.3 is 11.9 Å². The number of carboxylic acid groups (broad SMARTS) is 1. The number of rotatable bonds is 7. The normalized spacial score (nSPS) is 13.3. The van der Waals surface area contributed by atoms with Crippen LogP contribution in [0, 0.1) is 0 Å². The van der Waals surface area contributed by atoms with Crippen LogP contribution in [0.3, 0.4) is 0 Å². The molecule has 0 aliphatic carbocycles. The Kier molecular flexibility index (Phi) is 5.66. The van der Waals surface area contributed by atoms with Crippen LogP contribution in [0.5, 0.6) is 0 Å². The first-order chi connectivity index (χ1) is 9.45. The molecule has 20 heavy (non-hydrogen) atoms. The molecule has 0 spiro atoms. The predicted molar refractivity (Wildman–Crippen MR) is 66.5 cm³/mol. The number of ether oxygens (including phenoxy) is 1. The molecule has 0 aromatic carbocycles. The number of nitrogens with two attached hydrogens (primary N) is 1. The number of hydrogen-bond acceptors (Lipinski definition) is 6. The van der Waals surface area contributed by atoms with Gasteiger partial charge in [0.05, 0.1) is 12.9 Å². The second kappa shape index (κ2) is 7.24. The van der Waals surface area contributed by atoms with Gasteiger partial charge in [-0.15, -0.1) is 0 Å². The monoisotopic (exact) mass is 284 g/mol. The van der Waals surface area contributed by atoms with Gasteiger partial charge in [-0.2, -0.15) is 0 Å². The topological polar surface area (TPSA) is 147 Å². The van der Waals surface area contributed by atoms with E-state index in [9.17, 15) is 14.4 Å². The zero-order chi connectivity index (χ0) is 15.1. The van der Waals surface area contributed by atoms with Crippen LogP contribution >= 0.6 is 0 Å². The SMILES string of the molecule is CCOC(=O)C(N)C(=O)NC(Cc1cnc[nH]1)C(=O)O. The first-order valence-electron chi connectivity index (χ1n) is 5.88. The van der Waals surface area contributed by atoms with E-state index in [4.69, 9.17) is 10.8 Å². The summed E-state index contributed by atoms with van der Waals surface area (Å²) in [6.07, 6.45) is 2.82. The quantitative estimate of drug-likeness (QED) is 0.348. The molecule has 5 N–H and O–H groups in total. The molecule has 1 aromatic rings. The third-order valence-corrected chi connectivity index (χ3v) is 2.42. The molecule has 0 fully saturated rings. The van der Waals surface area contributed by atoms with Crippen molar-refractivity contribution < 1.29 is 24.2 Å². The molecule has 0 aliphatic heterocycles. The van der Waals surface area contributed by atoms with E-state index >= 15 is 0 Å². The molecule has 0 saturated carbocycles. The number of H-pyrrole nitrogens is 1. The fourth-order valence-corrected chi connectivity index (χ4v) is 1.42. The summed E-state index contributed by atoms with van der Waals surface area (Å²) in [7, 11) is 0. The van der Waals surface area contributed by atoms with Gasteiger partial charge in [0.2, 0.25) is 5.91 Å². The summed E-state index contributed by atoms with van der Waals surface area (Å²) in [5, 5.41) is 11.2. The van der Waals surface area contributed by atoms with Crippen LogP contribution in [0.4, 0.5) is 0 Å². The Morgan fingerprint density at radius 2 is 2.25 bits per heavy atom. The zero-order valence-corrected chi connectivity index (χ0v) is 10.8. The number of amides is 1. The maximum absolute atomic E-state index is 11.7. The smallest absolute Gasteiger partial charge is 0.332 e. The lowest BCUT2D eigenvalue weighted by molar-refractivity contribution is -0.150. The summed E-state index contributed by atoms with van der Waals surface area (Å²) in [4.78, 5) is 40.5. The molecule has 0 radical (unpaired) electrons. The van der Waals surface area contributed by atoms with Gasteiger partial charge in [-0.1, -0.05) is 0 Å². The average Bonchev–Trinajstić information content (AvgIpc) is 2.90. The Morgan fingerprint density at radius 3 is 2.75 bits per heavy atom. The Balaban J connectivity index is 2.63. The van der Waals surface area contributed by atoms with E-state index in [0.29, 0.717) is 5.69 Å². The molecule has 9 nitrogen and oxygen atoms in total. The van der Waals surface area contributed by atoms with Crippen LogP contribution in [-0.4, -0.2) is 51.6 Å². The Labute approximate surface area is 114 Å². The van der Waals surface area contributed by atoms with Gasteiger partial charge in [-0.25, -0.2) is 14.6 Å². The van der Waals surface area contributed by atoms with Crippen LogP contribution < -0.4 is 11.1 Å². The molecule has 9 heteroatoms. The first kappa shape index (κ1) is 15.6. The van der Waals surface area contributed by atoms with Crippen molar-refractivity contribution in [1.29, 1.82) is 0 Å². The molecular weight excluding hydrogens is 268 g/mol. The van der Waals surface area contributed by atoms with Gasteiger partial charge in [0.1, 0.15) is 6.04 Å². The molecule has 1 aromatic heterocycles. The van der Waals surface area contributed by atoms with Crippen molar-refractivity contribution >= 4 is 17.8 Å². The summed E-state index contributed by atoms with van der Waals surface area (Å²) < 4.78 is 4.58. The van der Waals surface area contributed by atoms with Crippen LogP contribution in [0.1, 0.15) is 12.6 Å². The van der Waals surface area contributed by atoms with Gasteiger partial charge in [0, 0.05) is 18.3 Å². The van der Waals surface area contributed by atoms with E-state index in [-0.39, 0.29) is 13.0 Å². The fraction of sp³-hybridized carbons (Fsp3) is 0.455. The van der Waals surface area contributed by atoms with Gasteiger partial charge in [-0.05, 0) is 6.92 Å². The number of carboxylic acids is 1. The molecule has 1 heterocycles. The number of aromatic nitrogens is 2. The Bertz CT molecular complexity index is 473. The van der Waals surface area contributed by atoms with Gasteiger partial charge < -0.3 is 25.9 Å². The summed E-state index contributed by atoms with van der Waals surface area (Å²) in [5.74, 6) is -3.06. The number of imidazole rings is 1. The largest absolute Gasteiger partial charge is 0.480 e. The highest BCUT2D eigenvalue weighted by Gasteiger charge is 2.28. The average molecular weight is 284 g/mol. The number of aromatic amines is 1. The molecule has 2 atom stereocenters. The lowest BCUT2D eigenvalue weighted by atomic mass is 10.1. The number of nitrogens with one attached hydrogen (secondary N) is 2. The van der Waals surface area contributed by atoms with E-state index in [2.05, 4.69) is 20.0 Å². The standard InChI is InChI=1S/C11H16N4O5/c1-2-20-11(19)8(12)9(16)15-7(10(17)18)3-6-4-13-5-14-6/h4-5,7-8H,2-3,12H2,1H3,(H,13,14)(H,15,16)(H,17,18). The van der Waals surface area contributed by atoms with Crippen LogP contribution in [0.15, 0.2) is 12.5 Å². The Morgan fingerprint density at radius 1 is 1.55 bits per heavy atom. The summed E-state index contributed by atoms with van der Waals surface area (Å²) in [6.45, 7) is 1.65. The molecule has 0 aliphatic rings. The van der Waals surface area contributed by atoms with E-state index in [1.54, 1.807) is 6.92 Å². The lowest BCUT2D eigenvalue weighted by Crippen LogP contribution is -2.52. The molecule has 0 saturated heterocycles. The minimum Gasteiger partial charge on any atom is -0.480 e. The van der Waals surface area contributed by atoms with Crippen LogP contribution in [-0.2, 0) is 25.5 Å². The predicted octanol–water partition coefficient (Wildman–Crippen LogP) is -1.59. The number of aliphatic carboxylic acids is 1. The van der Waals surface area contributed by atoms with Crippen molar-refractivity contribution in [2.24, 2.45) is 5.73 Å². The maximum atomic E-state index is 11.7. The zero-order valence-electron chi connectivity index (χ0n) is 10.8. The van der Waals surface area contributed by atoms with E-state index in [1.165, 1.54) is 12.5 Å². The minimum absolute atomic E-state index is 0.00335.